The van der Waals surface area contributed by atoms with Crippen molar-refractivity contribution in [3.63, 3.8) is 0 Å². The van der Waals surface area contributed by atoms with E-state index >= 15 is 0 Å². The van der Waals surface area contributed by atoms with Crippen LogP contribution in [-0.2, 0) is 0 Å². The van der Waals surface area contributed by atoms with Gasteiger partial charge < -0.3 is 9.73 Å². The van der Waals surface area contributed by atoms with Gasteiger partial charge in [-0.25, -0.2) is 0 Å². The number of nitrogens with one attached hydrogen (secondary N) is 1. The van der Waals surface area contributed by atoms with Gasteiger partial charge in [-0.15, -0.1) is 0 Å². The van der Waals surface area contributed by atoms with Crippen molar-refractivity contribution < 1.29 is 9.21 Å². The molecule has 0 saturated carbocycles. The minimum absolute atomic E-state index is 0.0140. The normalized spacial score (nSPS) is 11.6. The van der Waals surface area contributed by atoms with Crippen LogP contribution in [0, 0.1) is 0 Å². The molecule has 1 rings (SSSR count). The zero-order valence-electron chi connectivity index (χ0n) is 8.26. The lowest BCUT2D eigenvalue weighted by atomic mass is 10.1. The molecule has 0 aliphatic carbocycles. The monoisotopic (exact) mass is 181 g/mol. The minimum atomic E-state index is -0.0394. The number of hydrogen-bond acceptors (Lipinski definition) is 3. The van der Waals surface area contributed by atoms with Crippen molar-refractivity contribution >= 4 is 5.78 Å². The molecular formula is C10H15NO2. The lowest BCUT2D eigenvalue weighted by molar-refractivity contribution is 0.0955. The number of Topliss-reactive ketones (excluding diaryl/α,β-unsaturated/α-hetero) is 1. The SMILES string of the molecule is CC(C)(C)NCC(=O)c1ccco1. The first-order chi connectivity index (χ1) is 5.99. The Kier molecular flexibility index (Phi) is 2.88. The molecule has 1 aromatic heterocycles. The maximum Gasteiger partial charge on any atom is 0.211 e. The standard InChI is InChI=1S/C10H15NO2/c1-10(2,3)11-7-8(12)9-5-4-6-13-9/h4-6,11H,7H2,1-3H3. The lowest BCUT2D eigenvalue weighted by Gasteiger charge is -2.19. The average molecular weight is 181 g/mol. The molecule has 72 valence electrons. The average Bonchev–Trinajstić information content (AvgIpc) is 2.50. The molecule has 1 aromatic rings. The highest BCUT2D eigenvalue weighted by atomic mass is 16.3. The Bertz CT molecular complexity index is 270. The maximum absolute atomic E-state index is 11.4. The van der Waals surface area contributed by atoms with E-state index in [0.717, 1.165) is 0 Å². The van der Waals surface area contributed by atoms with Gasteiger partial charge in [0.2, 0.25) is 5.78 Å². The molecule has 0 fully saturated rings. The third-order valence-corrected chi connectivity index (χ3v) is 1.58. The fourth-order valence-corrected chi connectivity index (χ4v) is 0.870. The molecule has 0 aliphatic heterocycles. The molecule has 0 spiro atoms. The van der Waals surface area contributed by atoms with Crippen LogP contribution in [0.3, 0.4) is 0 Å². The highest BCUT2D eigenvalue weighted by Crippen LogP contribution is 2.02. The summed E-state index contributed by atoms with van der Waals surface area (Å²) >= 11 is 0. The van der Waals surface area contributed by atoms with Crippen molar-refractivity contribution in [1.82, 2.24) is 5.32 Å². The predicted octanol–water partition coefficient (Wildman–Crippen LogP) is 1.85. The van der Waals surface area contributed by atoms with Crippen LogP contribution in [0.1, 0.15) is 31.3 Å². The van der Waals surface area contributed by atoms with Crippen LogP contribution in [0.25, 0.3) is 0 Å². The van der Waals surface area contributed by atoms with Crippen LogP contribution in [0.2, 0.25) is 0 Å². The van der Waals surface area contributed by atoms with Gasteiger partial charge >= 0.3 is 0 Å². The molecule has 0 bridgehead atoms. The summed E-state index contributed by atoms with van der Waals surface area (Å²) in [5.74, 6) is 0.400. The van der Waals surface area contributed by atoms with Crippen molar-refractivity contribution in [3.05, 3.63) is 24.2 Å². The summed E-state index contributed by atoms with van der Waals surface area (Å²) in [4.78, 5) is 11.4. The summed E-state index contributed by atoms with van der Waals surface area (Å²) < 4.78 is 4.97. The largest absolute Gasteiger partial charge is 0.461 e. The van der Waals surface area contributed by atoms with Crippen molar-refractivity contribution in [2.45, 2.75) is 26.3 Å². The number of rotatable bonds is 3. The maximum atomic E-state index is 11.4. The van der Waals surface area contributed by atoms with E-state index in [1.54, 1.807) is 12.1 Å². The first-order valence-electron chi connectivity index (χ1n) is 4.31. The zero-order chi connectivity index (χ0) is 9.90. The molecule has 0 unspecified atom stereocenters. The highest BCUT2D eigenvalue weighted by molar-refractivity contribution is 5.95. The Morgan fingerprint density at radius 1 is 1.54 bits per heavy atom. The summed E-state index contributed by atoms with van der Waals surface area (Å²) in [5, 5.41) is 3.10. The van der Waals surface area contributed by atoms with Gasteiger partial charge in [0.15, 0.2) is 5.76 Å². The lowest BCUT2D eigenvalue weighted by Crippen LogP contribution is -2.39. The quantitative estimate of drug-likeness (QED) is 0.723. The van der Waals surface area contributed by atoms with E-state index in [1.165, 1.54) is 6.26 Å². The highest BCUT2D eigenvalue weighted by Gasteiger charge is 2.13. The van der Waals surface area contributed by atoms with Crippen LogP contribution in [0.4, 0.5) is 0 Å². The van der Waals surface area contributed by atoms with Gasteiger partial charge in [-0.2, -0.15) is 0 Å². The van der Waals surface area contributed by atoms with Crippen LogP contribution in [0.5, 0.6) is 0 Å². The summed E-state index contributed by atoms with van der Waals surface area (Å²) in [6.07, 6.45) is 1.50. The number of furan rings is 1. The van der Waals surface area contributed by atoms with E-state index in [0.29, 0.717) is 12.3 Å². The van der Waals surface area contributed by atoms with Gasteiger partial charge in [-0.05, 0) is 32.9 Å². The molecule has 3 heteroatoms. The van der Waals surface area contributed by atoms with Gasteiger partial charge in [0.1, 0.15) is 0 Å². The number of ketones is 1. The molecule has 1 heterocycles. The number of hydrogen-bond donors (Lipinski definition) is 1. The Hall–Kier alpha value is -1.09. The smallest absolute Gasteiger partial charge is 0.211 e. The van der Waals surface area contributed by atoms with Crippen molar-refractivity contribution in [1.29, 1.82) is 0 Å². The molecule has 0 radical (unpaired) electrons. The van der Waals surface area contributed by atoms with Crippen molar-refractivity contribution in [3.8, 4) is 0 Å². The molecule has 0 amide bonds. The summed E-state index contributed by atoms with van der Waals surface area (Å²) in [7, 11) is 0. The van der Waals surface area contributed by atoms with Gasteiger partial charge in [0.25, 0.3) is 0 Å². The van der Waals surface area contributed by atoms with Gasteiger partial charge in [0, 0.05) is 5.54 Å². The minimum Gasteiger partial charge on any atom is -0.461 e. The van der Waals surface area contributed by atoms with E-state index in [1.807, 2.05) is 20.8 Å². The Morgan fingerprint density at radius 3 is 2.69 bits per heavy atom. The Balaban J connectivity index is 2.44. The number of carbonyl (C=O) groups excluding carboxylic acids is 1. The van der Waals surface area contributed by atoms with Crippen molar-refractivity contribution in [2.75, 3.05) is 6.54 Å². The van der Waals surface area contributed by atoms with E-state index in [2.05, 4.69) is 5.32 Å². The third-order valence-electron chi connectivity index (χ3n) is 1.58. The zero-order valence-corrected chi connectivity index (χ0v) is 8.26. The van der Waals surface area contributed by atoms with Gasteiger partial charge in [0.05, 0.1) is 12.8 Å². The fraction of sp³-hybridized carbons (Fsp3) is 0.500. The molecule has 1 N–H and O–H groups in total. The molecule has 13 heavy (non-hydrogen) atoms. The first kappa shape index (κ1) is 9.99. The second-order valence-electron chi connectivity index (χ2n) is 4.00. The van der Waals surface area contributed by atoms with Crippen LogP contribution in [-0.4, -0.2) is 17.9 Å². The second kappa shape index (κ2) is 3.75. The molecule has 0 saturated heterocycles. The van der Waals surface area contributed by atoms with Gasteiger partial charge in [-0.3, -0.25) is 4.79 Å². The van der Waals surface area contributed by atoms with Gasteiger partial charge in [-0.1, -0.05) is 0 Å². The van der Waals surface area contributed by atoms with Crippen LogP contribution >= 0.6 is 0 Å². The molecule has 0 aliphatic rings. The Labute approximate surface area is 78.1 Å². The molecule has 0 aromatic carbocycles. The number of carbonyl (C=O) groups is 1. The summed E-state index contributed by atoms with van der Waals surface area (Å²) in [6, 6.07) is 3.39. The van der Waals surface area contributed by atoms with Crippen LogP contribution < -0.4 is 5.32 Å². The van der Waals surface area contributed by atoms with E-state index in [9.17, 15) is 4.79 Å². The summed E-state index contributed by atoms with van der Waals surface area (Å²) in [5.41, 5.74) is -0.0394. The molecule has 3 nitrogen and oxygen atoms in total. The summed E-state index contributed by atoms with van der Waals surface area (Å²) in [6.45, 7) is 6.37. The molecule has 0 atom stereocenters. The predicted molar refractivity (Wildman–Crippen MR) is 50.8 cm³/mol. The third kappa shape index (κ3) is 3.42. The van der Waals surface area contributed by atoms with E-state index in [-0.39, 0.29) is 11.3 Å². The van der Waals surface area contributed by atoms with E-state index < -0.39 is 0 Å². The first-order valence-corrected chi connectivity index (χ1v) is 4.31. The topological polar surface area (TPSA) is 42.2 Å². The fourth-order valence-electron chi connectivity index (χ4n) is 0.870. The van der Waals surface area contributed by atoms with E-state index in [4.69, 9.17) is 4.42 Å². The Morgan fingerprint density at radius 2 is 2.23 bits per heavy atom. The molecular weight excluding hydrogens is 166 g/mol. The van der Waals surface area contributed by atoms with Crippen molar-refractivity contribution in [2.24, 2.45) is 0 Å². The second-order valence-corrected chi connectivity index (χ2v) is 4.00. The van der Waals surface area contributed by atoms with Crippen LogP contribution in [0.15, 0.2) is 22.8 Å².